The minimum Gasteiger partial charge on any atom is -0.396 e. The molecule has 2 unspecified atom stereocenters. The smallest absolute Gasteiger partial charge is 0.0609 e. The SMILES string of the molecule is CC1CCCC(CO)(CN(C)C(C)(C)CO)C1. The third-order valence-corrected chi connectivity index (χ3v) is 4.51. The molecule has 1 saturated carbocycles. The zero-order valence-electron chi connectivity index (χ0n) is 11.9. The van der Waals surface area contributed by atoms with Gasteiger partial charge in [-0.2, -0.15) is 0 Å². The van der Waals surface area contributed by atoms with Gasteiger partial charge in [0.25, 0.3) is 0 Å². The van der Waals surface area contributed by atoms with Gasteiger partial charge in [-0.1, -0.05) is 19.8 Å². The lowest BCUT2D eigenvalue weighted by molar-refractivity contribution is -0.0119. The molecule has 0 radical (unpaired) electrons. The molecule has 102 valence electrons. The van der Waals surface area contributed by atoms with E-state index in [0.717, 1.165) is 19.4 Å². The summed E-state index contributed by atoms with van der Waals surface area (Å²) in [6.45, 7) is 7.67. The molecule has 1 rings (SSSR count). The van der Waals surface area contributed by atoms with E-state index in [1.807, 2.05) is 20.9 Å². The van der Waals surface area contributed by atoms with Gasteiger partial charge in [-0.25, -0.2) is 0 Å². The number of hydrogen-bond acceptors (Lipinski definition) is 3. The summed E-state index contributed by atoms with van der Waals surface area (Å²) in [7, 11) is 2.05. The predicted molar refractivity (Wildman–Crippen MR) is 70.9 cm³/mol. The van der Waals surface area contributed by atoms with Crippen molar-refractivity contribution in [2.24, 2.45) is 11.3 Å². The maximum absolute atomic E-state index is 9.76. The molecule has 17 heavy (non-hydrogen) atoms. The topological polar surface area (TPSA) is 43.7 Å². The fourth-order valence-corrected chi connectivity index (χ4v) is 2.94. The van der Waals surface area contributed by atoms with E-state index in [1.165, 1.54) is 12.8 Å². The lowest BCUT2D eigenvalue weighted by atomic mass is 9.70. The lowest BCUT2D eigenvalue weighted by Crippen LogP contribution is -2.51. The molecular weight excluding hydrogens is 214 g/mol. The average molecular weight is 243 g/mol. The van der Waals surface area contributed by atoms with E-state index in [-0.39, 0.29) is 24.2 Å². The quantitative estimate of drug-likeness (QED) is 0.775. The second-order valence-electron chi connectivity index (χ2n) is 6.69. The fraction of sp³-hybridized carbons (Fsp3) is 1.00. The summed E-state index contributed by atoms with van der Waals surface area (Å²) in [6.07, 6.45) is 4.72. The van der Waals surface area contributed by atoms with Gasteiger partial charge in [0.15, 0.2) is 0 Å². The molecule has 2 N–H and O–H groups in total. The van der Waals surface area contributed by atoms with Gasteiger partial charge in [-0.05, 0) is 39.7 Å². The molecule has 1 aliphatic carbocycles. The van der Waals surface area contributed by atoms with Crippen LogP contribution in [0.4, 0.5) is 0 Å². The van der Waals surface area contributed by atoms with Crippen LogP contribution < -0.4 is 0 Å². The molecule has 0 aromatic heterocycles. The summed E-state index contributed by atoms with van der Waals surface area (Å²) >= 11 is 0. The second-order valence-corrected chi connectivity index (χ2v) is 6.69. The third-order valence-electron chi connectivity index (χ3n) is 4.51. The van der Waals surface area contributed by atoms with Crippen LogP contribution in [0.15, 0.2) is 0 Å². The van der Waals surface area contributed by atoms with Crippen molar-refractivity contribution in [2.75, 3.05) is 26.8 Å². The van der Waals surface area contributed by atoms with E-state index in [1.54, 1.807) is 0 Å². The molecule has 3 heteroatoms. The van der Waals surface area contributed by atoms with Crippen LogP contribution in [-0.4, -0.2) is 47.5 Å². The Bertz CT molecular complexity index is 242. The molecule has 0 bridgehead atoms. The number of aliphatic hydroxyl groups excluding tert-OH is 2. The van der Waals surface area contributed by atoms with Gasteiger partial charge in [0.1, 0.15) is 0 Å². The van der Waals surface area contributed by atoms with Crippen LogP contribution in [0, 0.1) is 11.3 Å². The van der Waals surface area contributed by atoms with Crippen LogP contribution >= 0.6 is 0 Å². The highest BCUT2D eigenvalue weighted by Gasteiger charge is 2.37. The maximum Gasteiger partial charge on any atom is 0.0609 e. The summed E-state index contributed by atoms with van der Waals surface area (Å²) in [5.41, 5.74) is -0.165. The van der Waals surface area contributed by atoms with E-state index in [2.05, 4.69) is 11.8 Å². The minimum atomic E-state index is -0.206. The Kier molecular flexibility index (Phi) is 4.99. The van der Waals surface area contributed by atoms with Crippen molar-refractivity contribution < 1.29 is 10.2 Å². The first-order valence-electron chi connectivity index (χ1n) is 6.78. The molecule has 0 aromatic rings. The molecule has 1 aliphatic rings. The van der Waals surface area contributed by atoms with Crippen molar-refractivity contribution in [3.05, 3.63) is 0 Å². The van der Waals surface area contributed by atoms with E-state index in [9.17, 15) is 10.2 Å². The van der Waals surface area contributed by atoms with Gasteiger partial charge in [0, 0.05) is 24.1 Å². The predicted octanol–water partition coefficient (Wildman–Crippen LogP) is 1.88. The number of aliphatic hydroxyl groups is 2. The highest BCUT2D eigenvalue weighted by molar-refractivity contribution is 4.90. The number of hydrogen-bond donors (Lipinski definition) is 2. The van der Waals surface area contributed by atoms with Gasteiger partial charge in [0.2, 0.25) is 0 Å². The van der Waals surface area contributed by atoms with Gasteiger partial charge in [-0.15, -0.1) is 0 Å². The summed E-state index contributed by atoms with van der Waals surface area (Å²) in [5.74, 6) is 0.710. The van der Waals surface area contributed by atoms with Gasteiger partial charge >= 0.3 is 0 Å². The highest BCUT2D eigenvalue weighted by Crippen LogP contribution is 2.40. The molecule has 0 aromatic carbocycles. The summed E-state index contributed by atoms with van der Waals surface area (Å²) in [6, 6.07) is 0. The highest BCUT2D eigenvalue weighted by atomic mass is 16.3. The van der Waals surface area contributed by atoms with Crippen LogP contribution in [-0.2, 0) is 0 Å². The molecular formula is C14H29NO2. The Morgan fingerprint density at radius 2 is 2.00 bits per heavy atom. The number of rotatable bonds is 5. The summed E-state index contributed by atoms with van der Waals surface area (Å²) < 4.78 is 0. The normalized spacial score (nSPS) is 30.9. The van der Waals surface area contributed by atoms with Crippen molar-refractivity contribution in [3.63, 3.8) is 0 Å². The molecule has 0 spiro atoms. The molecule has 0 aliphatic heterocycles. The Morgan fingerprint density at radius 1 is 1.35 bits per heavy atom. The largest absolute Gasteiger partial charge is 0.396 e. The van der Waals surface area contributed by atoms with Crippen molar-refractivity contribution in [1.82, 2.24) is 4.90 Å². The molecule has 0 amide bonds. The van der Waals surface area contributed by atoms with E-state index in [4.69, 9.17) is 0 Å². The monoisotopic (exact) mass is 243 g/mol. The number of likely N-dealkylation sites (N-methyl/N-ethyl adjacent to an activating group) is 1. The lowest BCUT2D eigenvalue weighted by Gasteiger charge is -2.45. The van der Waals surface area contributed by atoms with Crippen LogP contribution in [0.1, 0.15) is 46.5 Å². The van der Waals surface area contributed by atoms with Crippen LogP contribution in [0.5, 0.6) is 0 Å². The minimum absolute atomic E-state index is 0.0405. The zero-order valence-corrected chi connectivity index (χ0v) is 11.9. The standard InChI is InChI=1S/C14H29NO2/c1-12-6-5-7-14(8-12,11-17)9-15(4)13(2,3)10-16/h12,16-17H,5-11H2,1-4H3. The summed E-state index contributed by atoms with van der Waals surface area (Å²) in [5, 5.41) is 19.2. The molecule has 1 fully saturated rings. The van der Waals surface area contributed by atoms with Crippen molar-refractivity contribution in [3.8, 4) is 0 Å². The van der Waals surface area contributed by atoms with Crippen LogP contribution in [0.25, 0.3) is 0 Å². The Hall–Kier alpha value is -0.120. The van der Waals surface area contributed by atoms with E-state index in [0.29, 0.717) is 5.92 Å². The first kappa shape index (κ1) is 14.9. The molecule has 0 saturated heterocycles. The van der Waals surface area contributed by atoms with Gasteiger partial charge in [-0.3, -0.25) is 4.90 Å². The third kappa shape index (κ3) is 3.67. The van der Waals surface area contributed by atoms with Crippen LogP contribution in [0.2, 0.25) is 0 Å². The fourth-order valence-electron chi connectivity index (χ4n) is 2.94. The summed E-state index contributed by atoms with van der Waals surface area (Å²) in [4.78, 5) is 2.20. The van der Waals surface area contributed by atoms with E-state index < -0.39 is 0 Å². The van der Waals surface area contributed by atoms with E-state index >= 15 is 0 Å². The Morgan fingerprint density at radius 3 is 2.47 bits per heavy atom. The van der Waals surface area contributed by atoms with Crippen LogP contribution in [0.3, 0.4) is 0 Å². The molecule has 0 heterocycles. The molecule has 3 nitrogen and oxygen atoms in total. The Balaban J connectivity index is 2.68. The zero-order chi connectivity index (χ0) is 13.1. The maximum atomic E-state index is 9.76. The van der Waals surface area contributed by atoms with Crippen molar-refractivity contribution >= 4 is 0 Å². The van der Waals surface area contributed by atoms with Crippen molar-refractivity contribution in [2.45, 2.75) is 52.0 Å². The average Bonchev–Trinajstić information content (AvgIpc) is 2.29. The Labute approximate surface area is 106 Å². The van der Waals surface area contributed by atoms with Crippen molar-refractivity contribution in [1.29, 1.82) is 0 Å². The molecule has 2 atom stereocenters. The first-order chi connectivity index (χ1) is 7.85. The van der Waals surface area contributed by atoms with Gasteiger partial charge < -0.3 is 10.2 Å². The van der Waals surface area contributed by atoms with Gasteiger partial charge in [0.05, 0.1) is 6.61 Å². The second kappa shape index (κ2) is 5.68. The first-order valence-corrected chi connectivity index (χ1v) is 6.78. The number of nitrogens with zero attached hydrogens (tertiary/aromatic N) is 1.